The van der Waals surface area contributed by atoms with Crippen LogP contribution in [0.1, 0.15) is 26.7 Å². The van der Waals surface area contributed by atoms with Gasteiger partial charge in [0.2, 0.25) is 0 Å². The van der Waals surface area contributed by atoms with Crippen molar-refractivity contribution in [2.75, 3.05) is 19.6 Å². The quantitative estimate of drug-likeness (QED) is 0.760. The Balaban J connectivity index is 2.55. The number of piperazine rings is 1. The molecule has 2 nitrogen and oxygen atoms in total. The van der Waals surface area contributed by atoms with E-state index in [1.165, 1.54) is 4.90 Å². The highest BCUT2D eigenvalue weighted by Gasteiger charge is 2.43. The van der Waals surface area contributed by atoms with Crippen LogP contribution in [0.3, 0.4) is 0 Å². The molecule has 1 saturated heterocycles. The minimum Gasteiger partial charge on any atom is -0.311 e. The van der Waals surface area contributed by atoms with Gasteiger partial charge in [-0.1, -0.05) is 13.3 Å². The van der Waals surface area contributed by atoms with Crippen molar-refractivity contribution in [3.8, 4) is 0 Å². The van der Waals surface area contributed by atoms with Crippen LogP contribution in [0.2, 0.25) is 0 Å². The number of hydrogen-bond donors (Lipinski definition) is 1. The zero-order valence-electron chi connectivity index (χ0n) is 10.2. The molecule has 6 heteroatoms. The molecule has 0 spiro atoms. The molecule has 1 fully saturated rings. The molecule has 0 saturated carbocycles. The summed E-state index contributed by atoms with van der Waals surface area (Å²) in [5.41, 5.74) is 0. The van der Waals surface area contributed by atoms with E-state index in [0.29, 0.717) is 13.1 Å². The van der Waals surface area contributed by atoms with Gasteiger partial charge in [-0.2, -0.15) is 8.78 Å². The van der Waals surface area contributed by atoms with Gasteiger partial charge < -0.3 is 5.32 Å². The average Bonchev–Trinajstić information content (AvgIpc) is 2.23. The third-order valence-electron chi connectivity index (χ3n) is 3.15. The van der Waals surface area contributed by atoms with Crippen molar-refractivity contribution in [1.82, 2.24) is 10.2 Å². The fourth-order valence-corrected chi connectivity index (χ4v) is 2.10. The van der Waals surface area contributed by atoms with Crippen molar-refractivity contribution in [3.63, 3.8) is 0 Å². The van der Waals surface area contributed by atoms with E-state index in [-0.39, 0.29) is 12.1 Å². The molecule has 1 rings (SSSR count). The van der Waals surface area contributed by atoms with E-state index in [2.05, 4.69) is 5.32 Å². The average molecular weight is 256 g/mol. The molecular weight excluding hydrogens is 236 g/mol. The van der Waals surface area contributed by atoms with Gasteiger partial charge in [-0.15, -0.1) is 0 Å². The molecule has 1 aliphatic rings. The van der Waals surface area contributed by atoms with Crippen molar-refractivity contribution < 1.29 is 17.6 Å². The Hall–Kier alpha value is -0.360. The molecule has 0 amide bonds. The summed E-state index contributed by atoms with van der Waals surface area (Å²) in [4.78, 5) is 1.46. The lowest BCUT2D eigenvalue weighted by Crippen LogP contribution is -2.58. The van der Waals surface area contributed by atoms with Gasteiger partial charge in [0.1, 0.15) is 0 Å². The Morgan fingerprint density at radius 3 is 2.59 bits per heavy atom. The van der Waals surface area contributed by atoms with Gasteiger partial charge in [-0.05, 0) is 13.3 Å². The second-order valence-corrected chi connectivity index (χ2v) is 4.73. The van der Waals surface area contributed by atoms with Crippen LogP contribution in [0, 0.1) is 0 Å². The lowest BCUT2D eigenvalue weighted by molar-refractivity contribution is -0.148. The van der Waals surface area contributed by atoms with E-state index in [9.17, 15) is 17.6 Å². The fraction of sp³-hybridized carbons (Fsp3) is 1.00. The second kappa shape index (κ2) is 6.00. The summed E-state index contributed by atoms with van der Waals surface area (Å²) >= 11 is 0. The Labute approximate surface area is 99.4 Å². The molecule has 0 aromatic heterocycles. The van der Waals surface area contributed by atoms with Gasteiger partial charge in [0.05, 0.1) is 6.54 Å². The Kier molecular flexibility index (Phi) is 5.19. The highest BCUT2D eigenvalue weighted by Crippen LogP contribution is 2.25. The van der Waals surface area contributed by atoms with Gasteiger partial charge in [0.15, 0.2) is 0 Å². The van der Waals surface area contributed by atoms with Gasteiger partial charge in [-0.25, -0.2) is 8.78 Å². The van der Waals surface area contributed by atoms with Crippen LogP contribution >= 0.6 is 0 Å². The van der Waals surface area contributed by atoms with E-state index in [1.807, 2.05) is 6.92 Å². The van der Waals surface area contributed by atoms with Crippen molar-refractivity contribution in [1.29, 1.82) is 0 Å². The molecule has 1 heterocycles. The topological polar surface area (TPSA) is 15.3 Å². The predicted octanol–water partition coefficient (Wildman–Crippen LogP) is 2.35. The number of hydrogen-bond acceptors (Lipinski definition) is 2. The number of nitrogens with zero attached hydrogens (tertiary/aromatic N) is 1. The second-order valence-electron chi connectivity index (χ2n) is 4.73. The van der Waals surface area contributed by atoms with Gasteiger partial charge in [0, 0.05) is 25.2 Å². The summed E-state index contributed by atoms with van der Waals surface area (Å²) < 4.78 is 50.3. The summed E-state index contributed by atoms with van der Waals surface area (Å²) in [7, 11) is 0. The fourth-order valence-electron chi connectivity index (χ4n) is 2.10. The molecular formula is C11H20F4N2. The maximum atomic E-state index is 13.0. The third-order valence-corrected chi connectivity index (χ3v) is 3.15. The molecule has 102 valence electrons. The summed E-state index contributed by atoms with van der Waals surface area (Å²) in [6.07, 6.45) is -1.76. The highest BCUT2D eigenvalue weighted by molar-refractivity contribution is 4.87. The summed E-state index contributed by atoms with van der Waals surface area (Å²) in [5.74, 6) is -3.91. The molecule has 17 heavy (non-hydrogen) atoms. The minimum atomic E-state index is -3.91. The van der Waals surface area contributed by atoms with E-state index in [1.54, 1.807) is 6.92 Å². The lowest BCUT2D eigenvalue weighted by Gasteiger charge is -2.40. The van der Waals surface area contributed by atoms with Crippen molar-refractivity contribution in [3.05, 3.63) is 0 Å². The maximum Gasteiger partial charge on any atom is 0.319 e. The first kappa shape index (κ1) is 14.7. The lowest BCUT2D eigenvalue weighted by atomic mass is 10.1. The monoisotopic (exact) mass is 256 g/mol. The van der Waals surface area contributed by atoms with Crippen LogP contribution in [0.15, 0.2) is 0 Å². The highest BCUT2D eigenvalue weighted by atomic mass is 19.3. The summed E-state index contributed by atoms with van der Waals surface area (Å²) in [6.45, 7) is 3.92. The number of rotatable bonds is 5. The number of alkyl halides is 4. The predicted molar refractivity (Wildman–Crippen MR) is 58.7 cm³/mol. The van der Waals surface area contributed by atoms with Crippen molar-refractivity contribution in [2.45, 2.75) is 51.1 Å². The number of nitrogens with one attached hydrogen (secondary N) is 1. The third kappa shape index (κ3) is 4.10. The zero-order chi connectivity index (χ0) is 13.1. The molecule has 0 radical (unpaired) electrons. The Bertz CT molecular complexity index is 236. The Morgan fingerprint density at radius 2 is 2.06 bits per heavy atom. The molecule has 2 atom stereocenters. The normalized spacial score (nSPS) is 27.7. The van der Waals surface area contributed by atoms with Crippen LogP contribution in [-0.4, -0.2) is 49.0 Å². The SMILES string of the molecule is CCCC1CN(CC(F)(F)C(F)F)C(C)CN1. The summed E-state index contributed by atoms with van der Waals surface area (Å²) in [5, 5.41) is 3.24. The van der Waals surface area contributed by atoms with Crippen LogP contribution in [0.5, 0.6) is 0 Å². The molecule has 1 aliphatic heterocycles. The van der Waals surface area contributed by atoms with Crippen molar-refractivity contribution in [2.24, 2.45) is 0 Å². The largest absolute Gasteiger partial charge is 0.319 e. The van der Waals surface area contributed by atoms with Crippen LogP contribution in [0.4, 0.5) is 17.6 Å². The smallest absolute Gasteiger partial charge is 0.311 e. The van der Waals surface area contributed by atoms with Gasteiger partial charge in [0.25, 0.3) is 0 Å². The van der Waals surface area contributed by atoms with E-state index in [4.69, 9.17) is 0 Å². The standard InChI is InChI=1S/C11H20F4N2/c1-3-4-9-6-17(8(2)5-16-9)7-11(14,15)10(12)13/h8-10,16H,3-7H2,1-2H3. The molecule has 0 aromatic rings. The molecule has 1 N–H and O–H groups in total. The van der Waals surface area contributed by atoms with Gasteiger partial charge >= 0.3 is 12.3 Å². The first-order chi connectivity index (χ1) is 7.86. The van der Waals surface area contributed by atoms with Crippen LogP contribution < -0.4 is 5.32 Å². The van der Waals surface area contributed by atoms with Gasteiger partial charge in [-0.3, -0.25) is 4.90 Å². The Morgan fingerprint density at radius 1 is 1.41 bits per heavy atom. The first-order valence-corrected chi connectivity index (χ1v) is 6.00. The molecule has 2 unspecified atom stereocenters. The molecule has 0 aromatic carbocycles. The van der Waals surface area contributed by atoms with E-state index in [0.717, 1.165) is 12.8 Å². The van der Waals surface area contributed by atoms with E-state index >= 15 is 0 Å². The zero-order valence-corrected chi connectivity index (χ0v) is 10.2. The summed E-state index contributed by atoms with van der Waals surface area (Å²) in [6, 6.07) is -0.00240. The molecule has 0 bridgehead atoms. The van der Waals surface area contributed by atoms with Crippen LogP contribution in [-0.2, 0) is 0 Å². The minimum absolute atomic E-state index is 0.129. The van der Waals surface area contributed by atoms with E-state index < -0.39 is 18.9 Å². The van der Waals surface area contributed by atoms with Crippen LogP contribution in [0.25, 0.3) is 0 Å². The van der Waals surface area contributed by atoms with Crippen molar-refractivity contribution >= 4 is 0 Å². The number of halogens is 4. The maximum absolute atomic E-state index is 13.0. The first-order valence-electron chi connectivity index (χ1n) is 6.00. The molecule has 0 aliphatic carbocycles.